The first kappa shape index (κ1) is 17.1. The summed E-state index contributed by atoms with van der Waals surface area (Å²) in [6.45, 7) is 0.723. The van der Waals surface area contributed by atoms with Crippen molar-refractivity contribution >= 4 is 5.78 Å². The Hall–Kier alpha value is -2.73. The Morgan fingerprint density at radius 1 is 0.960 bits per heavy atom. The smallest absolute Gasteiger partial charge is 0.198 e. The maximum absolute atomic E-state index is 12.8. The van der Waals surface area contributed by atoms with E-state index in [4.69, 9.17) is 9.47 Å². The maximum atomic E-state index is 12.8. The minimum Gasteiger partial charge on any atom is -0.507 e. The van der Waals surface area contributed by atoms with Gasteiger partial charge in [-0.1, -0.05) is 0 Å². The Balaban J connectivity index is 2.28. The number of hydrogen-bond donors (Lipinski definition) is 2. The van der Waals surface area contributed by atoms with E-state index in [-0.39, 0.29) is 28.6 Å². The summed E-state index contributed by atoms with van der Waals surface area (Å²) in [5, 5.41) is 21.4. The van der Waals surface area contributed by atoms with Crippen molar-refractivity contribution in [2.24, 2.45) is 0 Å². The molecule has 132 valence electrons. The highest BCUT2D eigenvalue weighted by Gasteiger charge is 2.37. The molecule has 0 saturated heterocycles. The van der Waals surface area contributed by atoms with Crippen LogP contribution in [0.2, 0.25) is 0 Å². The number of phenolic OH excluding ortho intramolecular Hbond substituents is 2. The Bertz CT molecular complexity index is 858. The van der Waals surface area contributed by atoms with Gasteiger partial charge in [-0.2, -0.15) is 0 Å². The van der Waals surface area contributed by atoms with E-state index in [0.717, 1.165) is 6.54 Å². The molecule has 1 aliphatic carbocycles. The molecule has 2 aromatic carbocycles. The molecular weight excluding hydrogens is 322 g/mol. The number of rotatable bonds is 5. The van der Waals surface area contributed by atoms with Gasteiger partial charge in [-0.3, -0.25) is 4.79 Å². The zero-order chi connectivity index (χ0) is 18.3. The van der Waals surface area contributed by atoms with Crippen LogP contribution >= 0.6 is 0 Å². The van der Waals surface area contributed by atoms with Crippen molar-refractivity contribution in [3.8, 4) is 34.1 Å². The summed E-state index contributed by atoms with van der Waals surface area (Å²) < 4.78 is 10.5. The van der Waals surface area contributed by atoms with Gasteiger partial charge in [-0.25, -0.2) is 0 Å². The third-order valence-corrected chi connectivity index (χ3v) is 4.47. The molecular formula is C19H21NO5. The quantitative estimate of drug-likeness (QED) is 0.741. The zero-order valence-corrected chi connectivity index (χ0v) is 14.7. The van der Waals surface area contributed by atoms with Crippen LogP contribution in [0.4, 0.5) is 0 Å². The summed E-state index contributed by atoms with van der Waals surface area (Å²) in [7, 11) is 6.81. The topological polar surface area (TPSA) is 79.2 Å². The molecule has 0 atom stereocenters. The molecule has 0 spiro atoms. The molecule has 2 aromatic rings. The van der Waals surface area contributed by atoms with E-state index in [9.17, 15) is 15.0 Å². The summed E-state index contributed by atoms with van der Waals surface area (Å²) in [4.78, 5) is 14.8. The average molecular weight is 343 g/mol. The van der Waals surface area contributed by atoms with Crippen LogP contribution in [0.1, 0.15) is 21.5 Å². The highest BCUT2D eigenvalue weighted by atomic mass is 16.5. The lowest BCUT2D eigenvalue weighted by Gasteiger charge is -2.16. The van der Waals surface area contributed by atoms with Gasteiger partial charge in [-0.05, 0) is 44.3 Å². The lowest BCUT2D eigenvalue weighted by Crippen LogP contribution is -2.15. The number of hydrogen-bond acceptors (Lipinski definition) is 6. The van der Waals surface area contributed by atoms with Crippen molar-refractivity contribution in [2.45, 2.75) is 6.42 Å². The molecule has 0 aliphatic heterocycles. The molecule has 0 amide bonds. The van der Waals surface area contributed by atoms with Crippen LogP contribution in [0.25, 0.3) is 11.1 Å². The number of carbonyl (C=O) groups excluding carboxylic acids is 1. The van der Waals surface area contributed by atoms with Crippen molar-refractivity contribution in [3.05, 3.63) is 34.9 Å². The Morgan fingerprint density at radius 3 is 2.24 bits per heavy atom. The second kappa shape index (κ2) is 6.29. The third kappa shape index (κ3) is 2.59. The first-order valence-corrected chi connectivity index (χ1v) is 7.93. The van der Waals surface area contributed by atoms with Crippen LogP contribution < -0.4 is 9.47 Å². The fraction of sp³-hybridized carbons (Fsp3) is 0.316. The van der Waals surface area contributed by atoms with Gasteiger partial charge in [-0.15, -0.1) is 0 Å². The molecule has 0 radical (unpaired) electrons. The lowest BCUT2D eigenvalue weighted by atomic mass is 9.97. The lowest BCUT2D eigenvalue weighted by molar-refractivity contribution is 0.104. The number of ketones is 1. The van der Waals surface area contributed by atoms with Crippen LogP contribution in [-0.4, -0.2) is 55.8 Å². The molecule has 6 heteroatoms. The van der Waals surface area contributed by atoms with Crippen molar-refractivity contribution in [1.82, 2.24) is 4.90 Å². The largest absolute Gasteiger partial charge is 0.507 e. The SMILES string of the molecule is COc1ccc2c(c1O)-c1c(O)c(CCN(C)C)cc(OC)c1C2=O. The van der Waals surface area contributed by atoms with Crippen molar-refractivity contribution < 1.29 is 24.5 Å². The number of ether oxygens (including phenoxy) is 2. The molecule has 25 heavy (non-hydrogen) atoms. The number of phenols is 2. The maximum Gasteiger partial charge on any atom is 0.198 e. The number of carbonyl (C=O) groups is 1. The molecule has 0 unspecified atom stereocenters. The fourth-order valence-corrected chi connectivity index (χ4v) is 3.18. The molecule has 0 saturated carbocycles. The molecule has 6 nitrogen and oxygen atoms in total. The molecule has 0 heterocycles. The molecule has 2 N–H and O–H groups in total. The van der Waals surface area contributed by atoms with Crippen molar-refractivity contribution in [2.75, 3.05) is 34.9 Å². The molecule has 0 aromatic heterocycles. The number of likely N-dealkylation sites (N-methyl/N-ethyl adjacent to an activating group) is 1. The molecule has 1 aliphatic rings. The summed E-state index contributed by atoms with van der Waals surface area (Å²) in [5.74, 6) is 0.189. The summed E-state index contributed by atoms with van der Waals surface area (Å²) in [6, 6.07) is 4.82. The van der Waals surface area contributed by atoms with Crippen LogP contribution in [-0.2, 0) is 6.42 Å². The van der Waals surface area contributed by atoms with Gasteiger partial charge < -0.3 is 24.6 Å². The van der Waals surface area contributed by atoms with E-state index in [1.807, 2.05) is 19.0 Å². The van der Waals surface area contributed by atoms with Crippen LogP contribution in [0.3, 0.4) is 0 Å². The second-order valence-corrected chi connectivity index (χ2v) is 6.26. The Morgan fingerprint density at radius 2 is 1.64 bits per heavy atom. The van der Waals surface area contributed by atoms with E-state index in [1.54, 1.807) is 12.1 Å². The summed E-state index contributed by atoms with van der Waals surface area (Å²) in [5.41, 5.74) is 1.86. The number of benzene rings is 2. The van der Waals surface area contributed by atoms with Crippen molar-refractivity contribution in [1.29, 1.82) is 0 Å². The predicted octanol–water partition coefficient (Wildman–Crippen LogP) is 2.43. The third-order valence-electron chi connectivity index (χ3n) is 4.47. The van der Waals surface area contributed by atoms with E-state index in [1.165, 1.54) is 20.3 Å². The first-order chi connectivity index (χ1) is 11.9. The molecule has 3 rings (SSSR count). The van der Waals surface area contributed by atoms with Gasteiger partial charge in [0, 0.05) is 23.2 Å². The molecule has 0 bridgehead atoms. The van der Waals surface area contributed by atoms with Crippen LogP contribution in [0.15, 0.2) is 18.2 Å². The second-order valence-electron chi connectivity index (χ2n) is 6.26. The minimum atomic E-state index is -0.283. The van der Waals surface area contributed by atoms with Crippen LogP contribution in [0.5, 0.6) is 23.0 Å². The Labute approximate surface area is 146 Å². The van der Waals surface area contributed by atoms with E-state index < -0.39 is 0 Å². The minimum absolute atomic E-state index is 0.00620. The van der Waals surface area contributed by atoms with Crippen LogP contribution in [0, 0.1) is 0 Å². The highest BCUT2D eigenvalue weighted by molar-refractivity contribution is 6.25. The normalized spacial score (nSPS) is 12.3. The van der Waals surface area contributed by atoms with Gasteiger partial charge in [0.25, 0.3) is 0 Å². The van der Waals surface area contributed by atoms with Gasteiger partial charge >= 0.3 is 0 Å². The highest BCUT2D eigenvalue weighted by Crippen LogP contribution is 2.53. The predicted molar refractivity (Wildman–Crippen MR) is 94.0 cm³/mol. The van der Waals surface area contributed by atoms with E-state index in [2.05, 4.69) is 0 Å². The van der Waals surface area contributed by atoms with Gasteiger partial charge in [0.1, 0.15) is 11.5 Å². The van der Waals surface area contributed by atoms with Gasteiger partial charge in [0.2, 0.25) is 0 Å². The zero-order valence-electron chi connectivity index (χ0n) is 14.7. The molecule has 0 fully saturated rings. The van der Waals surface area contributed by atoms with E-state index >= 15 is 0 Å². The monoisotopic (exact) mass is 343 g/mol. The number of methoxy groups -OCH3 is 2. The fourth-order valence-electron chi connectivity index (χ4n) is 3.18. The van der Waals surface area contributed by atoms with Crippen molar-refractivity contribution in [3.63, 3.8) is 0 Å². The van der Waals surface area contributed by atoms with Gasteiger partial charge in [0.05, 0.1) is 19.8 Å². The average Bonchev–Trinajstić information content (AvgIpc) is 2.89. The first-order valence-electron chi connectivity index (χ1n) is 7.93. The van der Waals surface area contributed by atoms with Gasteiger partial charge in [0.15, 0.2) is 17.3 Å². The number of nitrogens with zero attached hydrogens (tertiary/aromatic N) is 1. The summed E-state index contributed by atoms with van der Waals surface area (Å²) >= 11 is 0. The summed E-state index contributed by atoms with van der Waals surface area (Å²) in [6.07, 6.45) is 0.580. The Kier molecular flexibility index (Phi) is 4.30. The standard InChI is InChI=1S/C19H21NO5/c1-20(2)8-7-10-9-13(25-4)15-16(17(10)21)14-11(18(15)22)5-6-12(24-3)19(14)23/h5-6,9,21,23H,7-8H2,1-4H3. The number of aromatic hydroxyl groups is 2. The number of fused-ring (bicyclic) bond motifs is 3. The van der Waals surface area contributed by atoms with E-state index in [0.29, 0.717) is 34.4 Å².